The monoisotopic (exact) mass is 373 g/mol. The van der Waals surface area contributed by atoms with E-state index in [0.717, 1.165) is 16.7 Å². The number of nitrogens with one attached hydrogen (secondary N) is 1. The molecule has 3 rings (SSSR count). The quantitative estimate of drug-likeness (QED) is 0.462. The molecule has 5 heteroatoms. The summed E-state index contributed by atoms with van der Waals surface area (Å²) in [5.41, 5.74) is 16.9. The van der Waals surface area contributed by atoms with Crippen LogP contribution in [0.4, 0.5) is 17.1 Å². The van der Waals surface area contributed by atoms with E-state index in [1.165, 1.54) is 0 Å². The smallest absolute Gasteiger partial charge is 0.255 e. The third-order valence-corrected chi connectivity index (χ3v) is 4.63. The molecule has 0 spiro atoms. The van der Waals surface area contributed by atoms with Crippen molar-refractivity contribution < 1.29 is 9.59 Å². The van der Waals surface area contributed by atoms with Crippen LogP contribution >= 0.6 is 0 Å². The van der Waals surface area contributed by atoms with Crippen LogP contribution in [0.2, 0.25) is 0 Å². The number of nitrogen functional groups attached to an aromatic ring is 2. The standard InChI is InChI=1S/C23H23N3O2/c1-14-12-21(23(28)26-19-9-7-18(25)8-10-19)15(2)11-20(14)22(27)13-16-3-5-17(24)6-4-16/h3-12H,13,24-25H2,1-2H3,(H,26,28). The first-order valence-electron chi connectivity index (χ1n) is 8.99. The Morgan fingerprint density at radius 3 is 1.89 bits per heavy atom. The van der Waals surface area contributed by atoms with Crippen molar-refractivity contribution in [3.05, 3.63) is 88.5 Å². The van der Waals surface area contributed by atoms with Crippen LogP contribution in [0.25, 0.3) is 0 Å². The first-order chi connectivity index (χ1) is 13.3. The summed E-state index contributed by atoms with van der Waals surface area (Å²) in [7, 11) is 0. The fourth-order valence-electron chi connectivity index (χ4n) is 3.04. The molecule has 0 aliphatic carbocycles. The molecule has 0 fully saturated rings. The number of ketones is 1. The third-order valence-electron chi connectivity index (χ3n) is 4.63. The fraction of sp³-hybridized carbons (Fsp3) is 0.130. The summed E-state index contributed by atoms with van der Waals surface area (Å²) in [4.78, 5) is 25.4. The number of amides is 1. The zero-order chi connectivity index (χ0) is 20.3. The predicted molar refractivity (Wildman–Crippen MR) is 114 cm³/mol. The van der Waals surface area contributed by atoms with Crippen molar-refractivity contribution in [2.45, 2.75) is 20.3 Å². The van der Waals surface area contributed by atoms with Gasteiger partial charge in [0, 0.05) is 34.6 Å². The number of rotatable bonds is 5. The normalized spacial score (nSPS) is 10.5. The van der Waals surface area contributed by atoms with E-state index in [4.69, 9.17) is 11.5 Å². The average molecular weight is 373 g/mol. The van der Waals surface area contributed by atoms with Crippen molar-refractivity contribution in [3.8, 4) is 0 Å². The number of carbonyl (C=O) groups excluding carboxylic acids is 2. The van der Waals surface area contributed by atoms with Gasteiger partial charge in [-0.3, -0.25) is 9.59 Å². The van der Waals surface area contributed by atoms with Gasteiger partial charge in [-0.05, 0) is 79.1 Å². The summed E-state index contributed by atoms with van der Waals surface area (Å²) >= 11 is 0. The summed E-state index contributed by atoms with van der Waals surface area (Å²) in [6.07, 6.45) is 0.289. The first kappa shape index (κ1) is 19.2. The topological polar surface area (TPSA) is 98.2 Å². The van der Waals surface area contributed by atoms with Crippen LogP contribution in [0.5, 0.6) is 0 Å². The molecule has 0 atom stereocenters. The molecule has 5 N–H and O–H groups in total. The van der Waals surface area contributed by atoms with Crippen LogP contribution in [0.3, 0.4) is 0 Å². The lowest BCUT2D eigenvalue weighted by atomic mass is 9.94. The van der Waals surface area contributed by atoms with Gasteiger partial charge in [-0.2, -0.15) is 0 Å². The summed E-state index contributed by atoms with van der Waals surface area (Å²) in [5.74, 6) is -0.209. The van der Waals surface area contributed by atoms with E-state index < -0.39 is 0 Å². The lowest BCUT2D eigenvalue weighted by Crippen LogP contribution is -2.15. The number of benzene rings is 3. The van der Waals surface area contributed by atoms with Crippen LogP contribution in [-0.2, 0) is 6.42 Å². The van der Waals surface area contributed by atoms with Gasteiger partial charge in [0.2, 0.25) is 0 Å². The molecule has 5 nitrogen and oxygen atoms in total. The second-order valence-electron chi connectivity index (χ2n) is 6.90. The Morgan fingerprint density at radius 2 is 1.29 bits per heavy atom. The van der Waals surface area contributed by atoms with Crippen molar-refractivity contribution in [3.63, 3.8) is 0 Å². The van der Waals surface area contributed by atoms with E-state index in [1.807, 2.05) is 26.0 Å². The van der Waals surface area contributed by atoms with E-state index in [1.54, 1.807) is 48.5 Å². The van der Waals surface area contributed by atoms with Gasteiger partial charge in [-0.1, -0.05) is 12.1 Å². The minimum atomic E-state index is -0.220. The molecule has 3 aromatic carbocycles. The minimum absolute atomic E-state index is 0.0101. The van der Waals surface area contributed by atoms with Crippen LogP contribution in [0.1, 0.15) is 37.4 Å². The number of Topliss-reactive ketones (excluding diaryl/α,β-unsaturated/α-hetero) is 1. The van der Waals surface area contributed by atoms with Crippen molar-refractivity contribution in [1.82, 2.24) is 0 Å². The molecule has 3 aromatic rings. The Balaban J connectivity index is 1.79. The molecule has 0 bridgehead atoms. The first-order valence-corrected chi connectivity index (χ1v) is 8.99. The molecular formula is C23H23N3O2. The van der Waals surface area contributed by atoms with Crippen LogP contribution in [-0.4, -0.2) is 11.7 Å². The zero-order valence-corrected chi connectivity index (χ0v) is 16.0. The molecule has 142 valence electrons. The molecule has 0 aliphatic rings. The highest BCUT2D eigenvalue weighted by atomic mass is 16.1. The summed E-state index contributed by atoms with van der Waals surface area (Å²) in [6.45, 7) is 3.67. The number of carbonyl (C=O) groups is 2. The van der Waals surface area contributed by atoms with Gasteiger partial charge in [0.15, 0.2) is 5.78 Å². The maximum absolute atomic E-state index is 12.7. The maximum Gasteiger partial charge on any atom is 0.255 e. The van der Waals surface area contributed by atoms with Crippen LogP contribution in [0, 0.1) is 13.8 Å². The van der Waals surface area contributed by atoms with Gasteiger partial charge in [-0.25, -0.2) is 0 Å². The van der Waals surface area contributed by atoms with Gasteiger partial charge in [0.25, 0.3) is 5.91 Å². The summed E-state index contributed by atoms with van der Waals surface area (Å²) in [5, 5.41) is 2.86. The molecule has 0 saturated carbocycles. The number of aryl methyl sites for hydroxylation is 2. The SMILES string of the molecule is Cc1cc(C(=O)Nc2ccc(N)cc2)c(C)cc1C(=O)Cc1ccc(N)cc1. The predicted octanol–water partition coefficient (Wildman–Crippen LogP) is 4.15. The largest absolute Gasteiger partial charge is 0.399 e. The van der Waals surface area contributed by atoms with Crippen LogP contribution in [0.15, 0.2) is 60.7 Å². The fourth-order valence-corrected chi connectivity index (χ4v) is 3.04. The Bertz CT molecular complexity index is 938. The van der Waals surface area contributed by atoms with Gasteiger partial charge in [-0.15, -0.1) is 0 Å². The highest BCUT2D eigenvalue weighted by Crippen LogP contribution is 2.20. The van der Waals surface area contributed by atoms with Crippen molar-refractivity contribution >= 4 is 28.8 Å². The third kappa shape index (κ3) is 4.38. The van der Waals surface area contributed by atoms with Crippen LogP contribution < -0.4 is 16.8 Å². The van der Waals surface area contributed by atoms with Gasteiger partial charge in [0.1, 0.15) is 0 Å². The maximum atomic E-state index is 12.7. The summed E-state index contributed by atoms with van der Waals surface area (Å²) < 4.78 is 0. The Morgan fingerprint density at radius 1 is 0.786 bits per heavy atom. The number of hydrogen-bond acceptors (Lipinski definition) is 4. The molecule has 0 heterocycles. The molecule has 0 aliphatic heterocycles. The molecular weight excluding hydrogens is 350 g/mol. The Kier molecular flexibility index (Phi) is 5.45. The van der Waals surface area contributed by atoms with Crippen molar-refractivity contribution in [2.75, 3.05) is 16.8 Å². The molecule has 0 radical (unpaired) electrons. The van der Waals surface area contributed by atoms with E-state index in [0.29, 0.717) is 28.2 Å². The second-order valence-corrected chi connectivity index (χ2v) is 6.90. The minimum Gasteiger partial charge on any atom is -0.399 e. The molecule has 0 unspecified atom stereocenters. The van der Waals surface area contributed by atoms with Gasteiger partial charge >= 0.3 is 0 Å². The lowest BCUT2D eigenvalue weighted by Gasteiger charge is -2.12. The highest BCUT2D eigenvalue weighted by molar-refractivity contribution is 6.07. The van der Waals surface area contributed by atoms with E-state index in [2.05, 4.69) is 5.32 Å². The molecule has 0 aromatic heterocycles. The summed E-state index contributed by atoms with van der Waals surface area (Å²) in [6, 6.07) is 17.8. The van der Waals surface area contributed by atoms with Crippen molar-refractivity contribution in [2.24, 2.45) is 0 Å². The zero-order valence-electron chi connectivity index (χ0n) is 16.0. The number of nitrogens with two attached hydrogens (primary N) is 2. The number of hydrogen-bond donors (Lipinski definition) is 3. The Labute approximate surface area is 164 Å². The number of anilines is 3. The van der Waals surface area contributed by atoms with Gasteiger partial charge in [0.05, 0.1) is 0 Å². The van der Waals surface area contributed by atoms with E-state index in [9.17, 15) is 9.59 Å². The van der Waals surface area contributed by atoms with Gasteiger partial charge < -0.3 is 16.8 Å². The van der Waals surface area contributed by atoms with E-state index in [-0.39, 0.29) is 18.1 Å². The Hall–Kier alpha value is -3.60. The molecule has 28 heavy (non-hydrogen) atoms. The lowest BCUT2D eigenvalue weighted by molar-refractivity contribution is 0.0988. The van der Waals surface area contributed by atoms with Crippen molar-refractivity contribution in [1.29, 1.82) is 0 Å². The molecule has 1 amide bonds. The molecule has 0 saturated heterocycles. The van der Waals surface area contributed by atoms with E-state index >= 15 is 0 Å². The highest BCUT2D eigenvalue weighted by Gasteiger charge is 2.16. The second kappa shape index (κ2) is 7.96. The average Bonchev–Trinajstić information content (AvgIpc) is 2.66.